The predicted octanol–water partition coefficient (Wildman–Crippen LogP) is 1.07. The van der Waals surface area contributed by atoms with Gasteiger partial charge in [-0.2, -0.15) is 0 Å². The van der Waals surface area contributed by atoms with Crippen molar-refractivity contribution in [1.29, 1.82) is 0 Å². The van der Waals surface area contributed by atoms with Crippen LogP contribution in [-0.2, 0) is 14.4 Å². The minimum Gasteiger partial charge on any atom is -0.479 e. The first-order chi connectivity index (χ1) is 13.5. The van der Waals surface area contributed by atoms with Gasteiger partial charge in [0.1, 0.15) is 12.3 Å². The molecule has 3 rings (SSSR count). The maximum absolute atomic E-state index is 13.1. The standard InChI is InChI=1S/C20H28N4O4.ClH/c1-14-20(27)24(16-7-2-3-8-17(16)28-14)13-19(26)23-11-5-4-6-15(23)12-22-18(25)9-10-21;/h2-3,7-8,14-15H,4-6,9-13,21H2,1H3,(H,22,25);1H. The van der Waals surface area contributed by atoms with Crippen molar-refractivity contribution in [2.24, 2.45) is 5.73 Å². The maximum Gasteiger partial charge on any atom is 0.268 e. The molecule has 3 amide bonds. The quantitative estimate of drug-likeness (QED) is 0.710. The summed E-state index contributed by atoms with van der Waals surface area (Å²) >= 11 is 0. The number of likely N-dealkylation sites (tertiary alicyclic amines) is 1. The molecule has 2 aliphatic heterocycles. The van der Waals surface area contributed by atoms with Gasteiger partial charge in [0, 0.05) is 32.1 Å². The number of nitrogens with zero attached hydrogens (tertiary/aromatic N) is 2. The van der Waals surface area contributed by atoms with Crippen LogP contribution >= 0.6 is 12.4 Å². The van der Waals surface area contributed by atoms with Crippen molar-refractivity contribution in [3.8, 4) is 5.75 Å². The predicted molar refractivity (Wildman–Crippen MR) is 112 cm³/mol. The minimum atomic E-state index is -0.629. The van der Waals surface area contributed by atoms with E-state index in [1.807, 2.05) is 12.1 Å². The van der Waals surface area contributed by atoms with Crippen LogP contribution in [0.3, 0.4) is 0 Å². The van der Waals surface area contributed by atoms with Gasteiger partial charge >= 0.3 is 0 Å². The van der Waals surface area contributed by atoms with Crippen LogP contribution < -0.4 is 20.7 Å². The van der Waals surface area contributed by atoms with E-state index in [9.17, 15) is 14.4 Å². The Balaban J connectivity index is 0.00000300. The van der Waals surface area contributed by atoms with Gasteiger partial charge in [-0.25, -0.2) is 0 Å². The molecule has 2 atom stereocenters. The van der Waals surface area contributed by atoms with Crippen molar-refractivity contribution >= 4 is 35.8 Å². The summed E-state index contributed by atoms with van der Waals surface area (Å²) < 4.78 is 5.64. The highest BCUT2D eigenvalue weighted by molar-refractivity contribution is 6.03. The van der Waals surface area contributed by atoms with E-state index in [2.05, 4.69) is 5.32 Å². The van der Waals surface area contributed by atoms with Crippen LogP contribution in [0.15, 0.2) is 24.3 Å². The molecule has 29 heavy (non-hydrogen) atoms. The van der Waals surface area contributed by atoms with E-state index >= 15 is 0 Å². The smallest absolute Gasteiger partial charge is 0.268 e. The van der Waals surface area contributed by atoms with Gasteiger partial charge in [0.15, 0.2) is 6.10 Å². The summed E-state index contributed by atoms with van der Waals surface area (Å²) in [5.74, 6) is 0.158. The highest BCUT2D eigenvalue weighted by Crippen LogP contribution is 2.33. The van der Waals surface area contributed by atoms with Crippen LogP contribution in [0, 0.1) is 0 Å². The molecule has 2 heterocycles. The molecule has 1 saturated heterocycles. The van der Waals surface area contributed by atoms with Gasteiger partial charge in [-0.1, -0.05) is 12.1 Å². The molecule has 0 aliphatic carbocycles. The third-order valence-electron chi connectivity index (χ3n) is 5.22. The summed E-state index contributed by atoms with van der Waals surface area (Å²) in [6.45, 7) is 3.00. The molecule has 0 aromatic heterocycles. The number of ether oxygens (including phenoxy) is 1. The van der Waals surface area contributed by atoms with Crippen molar-refractivity contribution in [1.82, 2.24) is 10.2 Å². The Morgan fingerprint density at radius 2 is 2.03 bits per heavy atom. The SMILES string of the molecule is CC1Oc2ccccc2N(CC(=O)N2CCCCC2CNC(=O)CCN)C1=O.Cl. The Morgan fingerprint density at radius 3 is 2.79 bits per heavy atom. The Labute approximate surface area is 177 Å². The lowest BCUT2D eigenvalue weighted by Crippen LogP contribution is -2.54. The van der Waals surface area contributed by atoms with Gasteiger partial charge in [0.2, 0.25) is 11.8 Å². The number of hydrogen-bond acceptors (Lipinski definition) is 5. The molecule has 1 aromatic carbocycles. The first-order valence-electron chi connectivity index (χ1n) is 9.84. The second-order valence-electron chi connectivity index (χ2n) is 7.23. The van der Waals surface area contributed by atoms with Crippen molar-refractivity contribution in [2.45, 2.75) is 44.8 Å². The van der Waals surface area contributed by atoms with Crippen molar-refractivity contribution in [3.05, 3.63) is 24.3 Å². The number of halogens is 1. The Hall–Kier alpha value is -2.32. The average molecular weight is 425 g/mol. The molecule has 2 aliphatic rings. The molecule has 0 saturated carbocycles. The summed E-state index contributed by atoms with van der Waals surface area (Å²) in [7, 11) is 0. The highest BCUT2D eigenvalue weighted by Gasteiger charge is 2.35. The molecule has 0 radical (unpaired) electrons. The minimum absolute atomic E-state index is 0. The van der Waals surface area contributed by atoms with Crippen LogP contribution in [0.1, 0.15) is 32.6 Å². The van der Waals surface area contributed by atoms with Crippen LogP contribution in [0.4, 0.5) is 5.69 Å². The van der Waals surface area contributed by atoms with Crippen LogP contribution in [-0.4, -0.2) is 60.9 Å². The highest BCUT2D eigenvalue weighted by atomic mass is 35.5. The number of carbonyl (C=O) groups excluding carboxylic acids is 3. The second kappa shape index (κ2) is 10.5. The van der Waals surface area contributed by atoms with Crippen LogP contribution in [0.5, 0.6) is 5.75 Å². The molecule has 3 N–H and O–H groups in total. The van der Waals surface area contributed by atoms with E-state index in [0.717, 1.165) is 19.3 Å². The van der Waals surface area contributed by atoms with E-state index in [1.54, 1.807) is 24.0 Å². The Kier molecular flexibility index (Phi) is 8.28. The fourth-order valence-corrected chi connectivity index (χ4v) is 3.74. The second-order valence-corrected chi connectivity index (χ2v) is 7.23. The van der Waals surface area contributed by atoms with Gasteiger partial charge in [-0.3, -0.25) is 19.3 Å². The van der Waals surface area contributed by atoms with Crippen molar-refractivity contribution in [2.75, 3.05) is 31.1 Å². The number of hydrogen-bond donors (Lipinski definition) is 2. The van der Waals surface area contributed by atoms with Gasteiger partial charge in [0.05, 0.1) is 5.69 Å². The molecule has 0 bridgehead atoms. The Morgan fingerprint density at radius 1 is 1.28 bits per heavy atom. The number of benzene rings is 1. The van der Waals surface area contributed by atoms with Gasteiger partial charge in [-0.05, 0) is 38.3 Å². The van der Waals surface area contributed by atoms with Gasteiger partial charge in [0.25, 0.3) is 5.91 Å². The van der Waals surface area contributed by atoms with E-state index in [-0.39, 0.29) is 49.1 Å². The number of amides is 3. The maximum atomic E-state index is 13.1. The summed E-state index contributed by atoms with van der Waals surface area (Å²) in [5.41, 5.74) is 6.02. The monoisotopic (exact) mass is 424 g/mol. The topological polar surface area (TPSA) is 105 Å². The summed E-state index contributed by atoms with van der Waals surface area (Å²) in [4.78, 5) is 40.7. The largest absolute Gasteiger partial charge is 0.479 e. The summed E-state index contributed by atoms with van der Waals surface area (Å²) in [5, 5.41) is 2.86. The van der Waals surface area contributed by atoms with E-state index in [0.29, 0.717) is 31.1 Å². The zero-order valence-corrected chi connectivity index (χ0v) is 17.5. The summed E-state index contributed by atoms with van der Waals surface area (Å²) in [6.07, 6.45) is 2.41. The van der Waals surface area contributed by atoms with Gasteiger partial charge < -0.3 is 20.7 Å². The van der Waals surface area contributed by atoms with Crippen molar-refractivity contribution < 1.29 is 19.1 Å². The molecular weight excluding hydrogens is 396 g/mol. The number of rotatable bonds is 6. The zero-order valence-electron chi connectivity index (χ0n) is 16.6. The first-order valence-corrected chi connectivity index (χ1v) is 9.84. The third-order valence-corrected chi connectivity index (χ3v) is 5.22. The first kappa shape index (κ1) is 23.0. The summed E-state index contributed by atoms with van der Waals surface area (Å²) in [6, 6.07) is 7.18. The lowest BCUT2D eigenvalue weighted by molar-refractivity contribution is -0.136. The normalized spacial score (nSPS) is 21.0. The molecule has 1 aromatic rings. The number of piperidine rings is 1. The average Bonchev–Trinajstić information content (AvgIpc) is 2.70. The van der Waals surface area contributed by atoms with Crippen molar-refractivity contribution in [3.63, 3.8) is 0 Å². The number of carbonyl (C=O) groups is 3. The Bertz CT molecular complexity index is 745. The lowest BCUT2D eigenvalue weighted by atomic mass is 10.0. The molecule has 2 unspecified atom stereocenters. The third kappa shape index (κ3) is 5.39. The molecule has 1 fully saturated rings. The van der Waals surface area contributed by atoms with Gasteiger partial charge in [-0.15, -0.1) is 12.4 Å². The molecule has 160 valence electrons. The number of nitrogens with one attached hydrogen (secondary N) is 1. The molecule has 0 spiro atoms. The number of fused-ring (bicyclic) bond motifs is 1. The van der Waals surface area contributed by atoms with Crippen LogP contribution in [0.2, 0.25) is 0 Å². The molecule has 8 nitrogen and oxygen atoms in total. The van der Waals surface area contributed by atoms with E-state index < -0.39 is 6.10 Å². The van der Waals surface area contributed by atoms with E-state index in [4.69, 9.17) is 10.5 Å². The van der Waals surface area contributed by atoms with E-state index in [1.165, 1.54) is 4.90 Å². The number of nitrogens with two attached hydrogens (primary N) is 1. The molecule has 9 heteroatoms. The lowest BCUT2D eigenvalue weighted by Gasteiger charge is -2.38. The zero-order chi connectivity index (χ0) is 20.1. The fourth-order valence-electron chi connectivity index (χ4n) is 3.74. The number of para-hydroxylation sites is 2. The van der Waals surface area contributed by atoms with Crippen LogP contribution in [0.25, 0.3) is 0 Å². The number of anilines is 1. The fraction of sp³-hybridized carbons (Fsp3) is 0.550. The molecular formula is C20H29ClN4O4.